The van der Waals surface area contributed by atoms with Crippen molar-refractivity contribution >= 4 is 0 Å². The number of tetrazole rings is 1. The third-order valence-corrected chi connectivity index (χ3v) is 4.74. The topological polar surface area (TPSA) is 81.9 Å². The van der Waals surface area contributed by atoms with E-state index in [0.29, 0.717) is 18.6 Å². The van der Waals surface area contributed by atoms with E-state index in [9.17, 15) is 0 Å². The summed E-state index contributed by atoms with van der Waals surface area (Å²) in [5, 5.41) is 12.2. The quantitative estimate of drug-likeness (QED) is 0.790. The number of rotatable bonds is 6. The van der Waals surface area contributed by atoms with Crippen molar-refractivity contribution in [3.63, 3.8) is 0 Å². The van der Waals surface area contributed by atoms with Crippen LogP contribution in [-0.4, -0.2) is 55.3 Å². The fourth-order valence-electron chi connectivity index (χ4n) is 3.40. The fraction of sp³-hybridized carbons (Fsp3) is 0.688. The van der Waals surface area contributed by atoms with Crippen LogP contribution < -0.4 is 0 Å². The van der Waals surface area contributed by atoms with Crippen molar-refractivity contribution in [3.05, 3.63) is 29.6 Å². The number of methoxy groups -OCH3 is 1. The Labute approximate surface area is 141 Å². The minimum absolute atomic E-state index is 0.433. The van der Waals surface area contributed by atoms with Crippen molar-refractivity contribution in [1.82, 2.24) is 35.1 Å². The van der Waals surface area contributed by atoms with Gasteiger partial charge in [-0.2, -0.15) is 0 Å². The van der Waals surface area contributed by atoms with Crippen molar-refractivity contribution in [2.75, 3.05) is 20.2 Å². The van der Waals surface area contributed by atoms with E-state index < -0.39 is 0 Å². The predicted octanol–water partition coefficient (Wildman–Crippen LogP) is 1.32. The molecule has 1 saturated heterocycles. The molecule has 0 aromatic carbocycles. The van der Waals surface area contributed by atoms with Gasteiger partial charge in [-0.1, -0.05) is 0 Å². The second-order valence-electron chi connectivity index (χ2n) is 6.68. The Bertz CT molecular complexity index is 685. The van der Waals surface area contributed by atoms with E-state index in [4.69, 9.17) is 4.74 Å². The normalized spacial score (nSPS) is 22.0. The molecule has 24 heavy (non-hydrogen) atoms. The van der Waals surface area contributed by atoms with E-state index in [0.717, 1.165) is 43.4 Å². The maximum absolute atomic E-state index is 5.14. The Hall–Kier alpha value is -1.93. The highest BCUT2D eigenvalue weighted by molar-refractivity contribution is 5.10. The molecule has 128 valence electrons. The summed E-state index contributed by atoms with van der Waals surface area (Å²) in [5.41, 5.74) is 1.11. The molecule has 0 unspecified atom stereocenters. The summed E-state index contributed by atoms with van der Waals surface area (Å²) in [4.78, 5) is 11.4. The lowest BCUT2D eigenvalue weighted by Crippen LogP contribution is -2.35. The van der Waals surface area contributed by atoms with Crippen molar-refractivity contribution in [3.8, 4) is 0 Å². The number of likely N-dealkylation sites (tertiary alicyclic amines) is 1. The Kier molecular flexibility index (Phi) is 4.48. The van der Waals surface area contributed by atoms with Gasteiger partial charge in [0.25, 0.3) is 0 Å². The summed E-state index contributed by atoms with van der Waals surface area (Å²) in [7, 11) is 1.67. The summed E-state index contributed by atoms with van der Waals surface area (Å²) in [6.07, 6.45) is 6.56. The third kappa shape index (κ3) is 3.44. The molecular formula is C16H23N7O. The van der Waals surface area contributed by atoms with E-state index in [1.54, 1.807) is 7.11 Å². The molecule has 4 rings (SSSR count). The van der Waals surface area contributed by atoms with Crippen LogP contribution in [0.4, 0.5) is 0 Å². The van der Waals surface area contributed by atoms with E-state index in [2.05, 4.69) is 30.4 Å². The van der Waals surface area contributed by atoms with Gasteiger partial charge < -0.3 is 4.74 Å². The van der Waals surface area contributed by atoms with Gasteiger partial charge in [0.15, 0.2) is 11.6 Å². The first kappa shape index (κ1) is 15.6. The highest BCUT2D eigenvalue weighted by Gasteiger charge is 2.29. The summed E-state index contributed by atoms with van der Waals surface area (Å²) >= 11 is 0. The first-order valence-corrected chi connectivity index (χ1v) is 8.63. The first-order chi connectivity index (χ1) is 11.8. The maximum Gasteiger partial charge on any atom is 0.165 e. The Morgan fingerprint density at radius 1 is 1.29 bits per heavy atom. The second kappa shape index (κ2) is 6.90. The zero-order chi connectivity index (χ0) is 16.4. The molecule has 8 nitrogen and oxygen atoms in total. The average molecular weight is 329 g/mol. The van der Waals surface area contributed by atoms with Gasteiger partial charge >= 0.3 is 0 Å². The van der Waals surface area contributed by atoms with Crippen LogP contribution in [0.25, 0.3) is 0 Å². The van der Waals surface area contributed by atoms with E-state index in [1.165, 1.54) is 19.3 Å². The van der Waals surface area contributed by atoms with E-state index in [1.807, 2.05) is 16.9 Å². The molecule has 2 aliphatic rings. The number of aromatic nitrogens is 6. The Morgan fingerprint density at radius 3 is 3.04 bits per heavy atom. The van der Waals surface area contributed by atoms with Crippen molar-refractivity contribution in [1.29, 1.82) is 0 Å². The lowest BCUT2D eigenvalue weighted by Gasteiger charge is -2.32. The zero-order valence-electron chi connectivity index (χ0n) is 14.0. The summed E-state index contributed by atoms with van der Waals surface area (Å²) in [5.74, 6) is 2.17. The fourth-order valence-corrected chi connectivity index (χ4v) is 3.40. The van der Waals surface area contributed by atoms with Crippen LogP contribution in [0.15, 0.2) is 12.3 Å². The van der Waals surface area contributed by atoms with Gasteiger partial charge in [-0.25, -0.2) is 14.6 Å². The van der Waals surface area contributed by atoms with Crippen LogP contribution in [0, 0.1) is 0 Å². The van der Waals surface area contributed by atoms with Crippen LogP contribution in [0.1, 0.15) is 55.0 Å². The lowest BCUT2D eigenvalue weighted by molar-refractivity contribution is 0.175. The molecule has 2 aromatic rings. The molecule has 1 aliphatic heterocycles. The van der Waals surface area contributed by atoms with Gasteiger partial charge in [-0.15, -0.1) is 5.10 Å². The van der Waals surface area contributed by atoms with Crippen molar-refractivity contribution in [2.45, 2.75) is 50.8 Å². The molecule has 0 N–H and O–H groups in total. The molecule has 0 bridgehead atoms. The minimum atomic E-state index is 0.433. The van der Waals surface area contributed by atoms with Gasteiger partial charge in [0.05, 0.1) is 12.6 Å². The molecule has 0 spiro atoms. The molecular weight excluding hydrogens is 306 g/mol. The highest BCUT2D eigenvalue weighted by atomic mass is 16.5. The molecule has 3 heterocycles. The smallest absolute Gasteiger partial charge is 0.165 e. The van der Waals surface area contributed by atoms with Crippen LogP contribution in [0.5, 0.6) is 0 Å². The minimum Gasteiger partial charge on any atom is -0.377 e. The standard InChI is InChI=1S/C16H23N7O/c1-24-11-15-17-7-6-14(18-15)12-3-2-8-22(9-12)10-16-19-20-21-23(16)13-4-5-13/h6-7,12-13H,2-5,8-11H2,1H3/t12-/m0/s1. The molecule has 0 radical (unpaired) electrons. The van der Waals surface area contributed by atoms with Gasteiger partial charge in [0.1, 0.15) is 6.61 Å². The zero-order valence-corrected chi connectivity index (χ0v) is 14.0. The molecule has 1 atom stereocenters. The van der Waals surface area contributed by atoms with Crippen LogP contribution in [0.3, 0.4) is 0 Å². The van der Waals surface area contributed by atoms with Crippen molar-refractivity contribution < 1.29 is 4.74 Å². The Morgan fingerprint density at radius 2 is 2.21 bits per heavy atom. The number of hydrogen-bond donors (Lipinski definition) is 0. The molecule has 8 heteroatoms. The van der Waals surface area contributed by atoms with Crippen LogP contribution in [-0.2, 0) is 17.9 Å². The number of nitrogens with zero attached hydrogens (tertiary/aromatic N) is 7. The van der Waals surface area contributed by atoms with Gasteiger partial charge in [0, 0.05) is 31.5 Å². The summed E-state index contributed by atoms with van der Waals surface area (Å²) in [6, 6.07) is 2.55. The third-order valence-electron chi connectivity index (χ3n) is 4.74. The summed E-state index contributed by atoms with van der Waals surface area (Å²) in [6.45, 7) is 3.35. The molecule has 2 fully saturated rings. The summed E-state index contributed by atoms with van der Waals surface area (Å²) < 4.78 is 7.15. The molecule has 0 amide bonds. The van der Waals surface area contributed by atoms with Gasteiger partial charge in [0.2, 0.25) is 0 Å². The monoisotopic (exact) mass is 329 g/mol. The number of piperidine rings is 1. The maximum atomic E-state index is 5.14. The Balaban J connectivity index is 1.43. The lowest BCUT2D eigenvalue weighted by atomic mass is 9.94. The second-order valence-corrected chi connectivity index (χ2v) is 6.68. The van der Waals surface area contributed by atoms with Crippen LogP contribution in [0.2, 0.25) is 0 Å². The highest BCUT2D eigenvalue weighted by Crippen LogP contribution is 2.35. The van der Waals surface area contributed by atoms with E-state index in [-0.39, 0.29) is 0 Å². The van der Waals surface area contributed by atoms with E-state index >= 15 is 0 Å². The number of hydrogen-bond acceptors (Lipinski definition) is 7. The van der Waals surface area contributed by atoms with Crippen LogP contribution >= 0.6 is 0 Å². The number of ether oxygens (including phenoxy) is 1. The predicted molar refractivity (Wildman–Crippen MR) is 86.1 cm³/mol. The average Bonchev–Trinajstić information content (AvgIpc) is 3.35. The molecule has 1 aliphatic carbocycles. The van der Waals surface area contributed by atoms with Gasteiger partial charge in [-0.3, -0.25) is 4.90 Å². The molecule has 1 saturated carbocycles. The molecule has 2 aromatic heterocycles. The first-order valence-electron chi connectivity index (χ1n) is 8.63. The SMILES string of the molecule is COCc1nccc([C@H]2CCCN(Cc3nnnn3C3CC3)C2)n1. The van der Waals surface area contributed by atoms with Gasteiger partial charge in [-0.05, 0) is 48.7 Å². The van der Waals surface area contributed by atoms with Crippen molar-refractivity contribution in [2.24, 2.45) is 0 Å². The largest absolute Gasteiger partial charge is 0.377 e.